The molecule has 6 nitrogen and oxygen atoms in total. The van der Waals surface area contributed by atoms with Gasteiger partial charge in [-0.25, -0.2) is 9.97 Å². The predicted octanol–water partition coefficient (Wildman–Crippen LogP) is 3.12. The summed E-state index contributed by atoms with van der Waals surface area (Å²) in [4.78, 5) is 24.4. The maximum Gasteiger partial charge on any atom is 0.252 e. The van der Waals surface area contributed by atoms with Gasteiger partial charge in [-0.1, -0.05) is 39.0 Å². The number of carbonyl (C=O) groups excluding carboxylic acids is 1. The molecule has 0 bridgehead atoms. The Hall–Kier alpha value is -2.89. The van der Waals surface area contributed by atoms with Crippen LogP contribution in [0.4, 0.5) is 0 Å². The number of H-pyrrole nitrogens is 1. The first-order valence-electron chi connectivity index (χ1n) is 8.30. The topological polar surface area (TPSA) is 75.6 Å². The number of aromatic nitrogens is 4. The largest absolute Gasteiger partial charge is 0.347 e. The summed E-state index contributed by atoms with van der Waals surface area (Å²) in [5, 5.41) is 3.18. The third-order valence-electron chi connectivity index (χ3n) is 4.23. The van der Waals surface area contributed by atoms with Crippen molar-refractivity contribution in [1.29, 1.82) is 0 Å². The molecule has 1 amide bonds. The summed E-state index contributed by atoms with van der Waals surface area (Å²) in [5.74, 6) is 0.583. The van der Waals surface area contributed by atoms with E-state index in [9.17, 15) is 4.79 Å². The van der Waals surface area contributed by atoms with Gasteiger partial charge in [-0.2, -0.15) is 0 Å². The van der Waals surface area contributed by atoms with E-state index in [1.165, 1.54) is 0 Å². The Morgan fingerprint density at radius 2 is 2.08 bits per heavy atom. The molecule has 1 aromatic carbocycles. The molecule has 0 aliphatic heterocycles. The summed E-state index contributed by atoms with van der Waals surface area (Å²) in [6.07, 6.45) is 8.85. The Kier molecular flexibility index (Phi) is 4.70. The molecule has 0 spiro atoms. The molecular weight excluding hydrogens is 314 g/mol. The number of nitrogens with zero attached hydrogens (tertiary/aromatic N) is 3. The van der Waals surface area contributed by atoms with Crippen molar-refractivity contribution in [3.05, 3.63) is 60.9 Å². The summed E-state index contributed by atoms with van der Waals surface area (Å²) in [6.45, 7) is 7.02. The molecule has 0 radical (unpaired) electrons. The molecule has 3 rings (SSSR count). The summed E-state index contributed by atoms with van der Waals surface area (Å²) in [6, 6.07) is 7.45. The molecule has 0 fully saturated rings. The minimum Gasteiger partial charge on any atom is -0.347 e. The molecular formula is C19H23N5O. The molecule has 3 aromatic rings. The van der Waals surface area contributed by atoms with E-state index >= 15 is 0 Å². The van der Waals surface area contributed by atoms with Gasteiger partial charge in [0.15, 0.2) is 0 Å². The van der Waals surface area contributed by atoms with Crippen LogP contribution in [0.2, 0.25) is 0 Å². The third-order valence-corrected chi connectivity index (χ3v) is 4.23. The van der Waals surface area contributed by atoms with Crippen molar-refractivity contribution in [2.45, 2.75) is 33.4 Å². The molecule has 0 saturated heterocycles. The summed E-state index contributed by atoms with van der Waals surface area (Å²) < 4.78 is 1.98. The smallest absolute Gasteiger partial charge is 0.252 e. The van der Waals surface area contributed by atoms with Crippen LogP contribution in [-0.4, -0.2) is 31.5 Å². The summed E-state index contributed by atoms with van der Waals surface area (Å²) in [7, 11) is 0. The second kappa shape index (κ2) is 6.93. The fourth-order valence-electron chi connectivity index (χ4n) is 2.68. The lowest BCUT2D eigenvalue weighted by atomic mass is 9.86. The molecule has 0 aliphatic carbocycles. The zero-order chi connectivity index (χ0) is 17.9. The number of imidazole rings is 2. The second-order valence-corrected chi connectivity index (χ2v) is 7.13. The minimum atomic E-state index is -0.105. The van der Waals surface area contributed by atoms with E-state index in [1.807, 2.05) is 35.0 Å². The molecule has 6 heteroatoms. The zero-order valence-corrected chi connectivity index (χ0v) is 14.7. The number of hydrogen-bond acceptors (Lipinski definition) is 3. The Morgan fingerprint density at radius 3 is 2.72 bits per heavy atom. The van der Waals surface area contributed by atoms with Crippen LogP contribution in [-0.2, 0) is 6.54 Å². The standard InChI is InChI=1S/C19H23N5O/c1-19(2,3)16(12-24-11-10-20-13-24)23-18(25)15-7-5-4-6-14(15)17-21-8-9-22-17/h4-11,13,16H,12H2,1-3H3,(H,21,22)(H,23,25)/t16-/m0/s1. The van der Waals surface area contributed by atoms with Crippen LogP contribution in [0.5, 0.6) is 0 Å². The van der Waals surface area contributed by atoms with E-state index in [4.69, 9.17) is 0 Å². The van der Waals surface area contributed by atoms with Crippen LogP contribution in [0.15, 0.2) is 55.4 Å². The van der Waals surface area contributed by atoms with Crippen molar-refractivity contribution in [1.82, 2.24) is 24.8 Å². The number of carbonyl (C=O) groups is 1. The molecule has 2 heterocycles. The Morgan fingerprint density at radius 1 is 1.28 bits per heavy atom. The second-order valence-electron chi connectivity index (χ2n) is 7.13. The quantitative estimate of drug-likeness (QED) is 0.751. The molecule has 2 N–H and O–H groups in total. The van der Waals surface area contributed by atoms with Crippen molar-refractivity contribution in [2.24, 2.45) is 5.41 Å². The number of aromatic amines is 1. The van der Waals surface area contributed by atoms with E-state index < -0.39 is 0 Å². The van der Waals surface area contributed by atoms with Crippen molar-refractivity contribution in [3.63, 3.8) is 0 Å². The van der Waals surface area contributed by atoms with Crippen molar-refractivity contribution >= 4 is 5.91 Å². The highest BCUT2D eigenvalue weighted by Crippen LogP contribution is 2.24. The van der Waals surface area contributed by atoms with Gasteiger partial charge in [0.25, 0.3) is 5.91 Å². The molecule has 0 aliphatic rings. The van der Waals surface area contributed by atoms with E-state index in [0.717, 1.165) is 5.56 Å². The van der Waals surface area contributed by atoms with Crippen LogP contribution in [0.25, 0.3) is 11.4 Å². The monoisotopic (exact) mass is 337 g/mol. The average Bonchev–Trinajstić information content (AvgIpc) is 3.27. The fourth-order valence-corrected chi connectivity index (χ4v) is 2.68. The first kappa shape index (κ1) is 17.0. The number of rotatable bonds is 5. The van der Waals surface area contributed by atoms with Gasteiger partial charge in [0.2, 0.25) is 0 Å². The van der Waals surface area contributed by atoms with Gasteiger partial charge in [-0.3, -0.25) is 4.79 Å². The van der Waals surface area contributed by atoms with E-state index in [2.05, 4.69) is 41.0 Å². The summed E-state index contributed by atoms with van der Waals surface area (Å²) >= 11 is 0. The molecule has 25 heavy (non-hydrogen) atoms. The van der Waals surface area contributed by atoms with E-state index in [0.29, 0.717) is 17.9 Å². The number of nitrogens with one attached hydrogen (secondary N) is 2. The lowest BCUT2D eigenvalue weighted by molar-refractivity contribution is 0.0893. The predicted molar refractivity (Wildman–Crippen MR) is 97.0 cm³/mol. The van der Waals surface area contributed by atoms with Crippen LogP contribution in [0.3, 0.4) is 0 Å². The number of hydrogen-bond donors (Lipinski definition) is 2. The van der Waals surface area contributed by atoms with Crippen molar-refractivity contribution in [3.8, 4) is 11.4 Å². The Bertz CT molecular complexity index is 816. The van der Waals surface area contributed by atoms with E-state index in [-0.39, 0.29) is 17.4 Å². The van der Waals surface area contributed by atoms with Crippen LogP contribution >= 0.6 is 0 Å². The first-order chi connectivity index (χ1) is 11.9. The first-order valence-corrected chi connectivity index (χ1v) is 8.30. The third kappa shape index (κ3) is 3.96. The molecule has 0 unspecified atom stereocenters. The van der Waals surface area contributed by atoms with Crippen molar-refractivity contribution < 1.29 is 4.79 Å². The average molecular weight is 337 g/mol. The van der Waals surface area contributed by atoms with Crippen molar-refractivity contribution in [2.75, 3.05) is 0 Å². The molecule has 1 atom stereocenters. The van der Waals surface area contributed by atoms with Gasteiger partial charge >= 0.3 is 0 Å². The highest BCUT2D eigenvalue weighted by molar-refractivity contribution is 6.00. The Labute approximate surface area is 147 Å². The van der Waals surface area contributed by atoms with Crippen LogP contribution in [0, 0.1) is 5.41 Å². The number of amides is 1. The zero-order valence-electron chi connectivity index (χ0n) is 14.7. The van der Waals surface area contributed by atoms with Gasteiger partial charge in [0.1, 0.15) is 5.82 Å². The van der Waals surface area contributed by atoms with Gasteiger partial charge in [-0.15, -0.1) is 0 Å². The molecule has 130 valence electrons. The van der Waals surface area contributed by atoms with Gasteiger partial charge in [0.05, 0.1) is 17.9 Å². The van der Waals surface area contributed by atoms with Crippen LogP contribution in [0.1, 0.15) is 31.1 Å². The minimum absolute atomic E-state index is 0.0427. The molecule has 0 saturated carbocycles. The number of benzene rings is 1. The molecule has 2 aromatic heterocycles. The fraction of sp³-hybridized carbons (Fsp3) is 0.316. The van der Waals surface area contributed by atoms with Gasteiger partial charge in [-0.05, 0) is 11.5 Å². The van der Waals surface area contributed by atoms with Crippen LogP contribution < -0.4 is 5.32 Å². The SMILES string of the molecule is CC(C)(C)[C@H](Cn1ccnc1)NC(=O)c1ccccc1-c1ncc[nH]1. The maximum atomic E-state index is 13.0. The lowest BCUT2D eigenvalue weighted by Gasteiger charge is -2.32. The highest BCUT2D eigenvalue weighted by atomic mass is 16.1. The lowest BCUT2D eigenvalue weighted by Crippen LogP contribution is -2.46. The van der Waals surface area contributed by atoms with Gasteiger partial charge < -0.3 is 14.9 Å². The normalized spacial score (nSPS) is 12.8. The Balaban J connectivity index is 1.85. The highest BCUT2D eigenvalue weighted by Gasteiger charge is 2.27. The van der Waals surface area contributed by atoms with E-state index in [1.54, 1.807) is 24.9 Å². The summed E-state index contributed by atoms with van der Waals surface area (Å²) in [5.41, 5.74) is 1.30. The maximum absolute atomic E-state index is 13.0. The van der Waals surface area contributed by atoms with Gasteiger partial charge in [0, 0.05) is 36.9 Å².